The predicted molar refractivity (Wildman–Crippen MR) is 68.1 cm³/mol. The fraction of sp³-hybridized carbons (Fsp3) is 0.667. The predicted octanol–water partition coefficient (Wildman–Crippen LogP) is 0.0128. The zero-order valence-electron chi connectivity index (χ0n) is 10.7. The molecule has 0 unspecified atom stereocenters. The quantitative estimate of drug-likeness (QED) is 0.605. The number of rotatable bonds is 5. The first-order valence-corrected chi connectivity index (χ1v) is 6.21. The van der Waals surface area contributed by atoms with Gasteiger partial charge in [0.15, 0.2) is 0 Å². The average Bonchev–Trinajstić information content (AvgIpc) is 2.37. The fourth-order valence-corrected chi connectivity index (χ4v) is 1.93. The first-order valence-electron chi connectivity index (χ1n) is 6.21. The highest BCUT2D eigenvalue weighted by Crippen LogP contribution is 2.12. The largest absolute Gasteiger partial charge is 0.450 e. The lowest BCUT2D eigenvalue weighted by atomic mass is 9.92. The Morgan fingerprint density at radius 2 is 2.33 bits per heavy atom. The normalized spacial score (nSPS) is 22.9. The third kappa shape index (κ3) is 4.37. The molecule has 1 heterocycles. The molecule has 0 aromatic heterocycles. The van der Waals surface area contributed by atoms with Gasteiger partial charge in [-0.15, -0.1) is 6.58 Å². The van der Waals surface area contributed by atoms with Crippen molar-refractivity contribution in [3.8, 4) is 0 Å². The summed E-state index contributed by atoms with van der Waals surface area (Å²) in [6.07, 6.45) is 1.87. The van der Waals surface area contributed by atoms with Gasteiger partial charge in [0.05, 0.1) is 12.5 Å². The van der Waals surface area contributed by atoms with Crippen LogP contribution in [-0.2, 0) is 9.53 Å². The third-order valence-corrected chi connectivity index (χ3v) is 2.82. The molecular formula is C12H21N3O3. The molecule has 102 valence electrons. The van der Waals surface area contributed by atoms with Crippen molar-refractivity contribution in [1.29, 1.82) is 0 Å². The number of carbonyl (C=O) groups is 2. The van der Waals surface area contributed by atoms with E-state index in [0.29, 0.717) is 26.1 Å². The first-order chi connectivity index (χ1) is 8.69. The van der Waals surface area contributed by atoms with Crippen LogP contribution in [0.1, 0.15) is 13.3 Å². The summed E-state index contributed by atoms with van der Waals surface area (Å²) in [7, 11) is 0. The highest BCUT2D eigenvalue weighted by Gasteiger charge is 2.31. The van der Waals surface area contributed by atoms with Crippen molar-refractivity contribution in [3.63, 3.8) is 0 Å². The maximum Gasteiger partial charge on any atom is 0.407 e. The highest BCUT2D eigenvalue weighted by atomic mass is 16.5. The number of nitrogens with one attached hydrogen (secondary N) is 3. The number of alkyl carbamates (subject to hydrolysis) is 1. The molecule has 18 heavy (non-hydrogen) atoms. The van der Waals surface area contributed by atoms with Gasteiger partial charge in [0.2, 0.25) is 5.91 Å². The van der Waals surface area contributed by atoms with E-state index < -0.39 is 6.09 Å². The Labute approximate surface area is 107 Å². The van der Waals surface area contributed by atoms with Gasteiger partial charge in [-0.05, 0) is 19.9 Å². The summed E-state index contributed by atoms with van der Waals surface area (Å²) in [6, 6.07) is -0.185. The van der Waals surface area contributed by atoms with Gasteiger partial charge in [-0.3, -0.25) is 4.79 Å². The zero-order valence-corrected chi connectivity index (χ0v) is 10.7. The smallest absolute Gasteiger partial charge is 0.407 e. The molecule has 6 nitrogen and oxygen atoms in total. The average molecular weight is 255 g/mol. The Balaban J connectivity index is 2.53. The molecule has 6 heteroatoms. The summed E-state index contributed by atoms with van der Waals surface area (Å²) in [6.45, 7) is 7.39. The zero-order chi connectivity index (χ0) is 13.4. The Morgan fingerprint density at radius 1 is 1.56 bits per heavy atom. The summed E-state index contributed by atoms with van der Waals surface area (Å²) in [5.41, 5.74) is 0. The SMILES string of the molecule is C=CCNC(=O)[C@H]1CNCC[C@H]1NC(=O)OCC. The van der Waals surface area contributed by atoms with Crippen molar-refractivity contribution < 1.29 is 14.3 Å². The van der Waals surface area contributed by atoms with Crippen molar-refractivity contribution in [3.05, 3.63) is 12.7 Å². The molecule has 2 amide bonds. The maximum absolute atomic E-state index is 11.9. The van der Waals surface area contributed by atoms with E-state index in [4.69, 9.17) is 4.74 Å². The summed E-state index contributed by atoms with van der Waals surface area (Å²) >= 11 is 0. The van der Waals surface area contributed by atoms with Crippen LogP contribution >= 0.6 is 0 Å². The van der Waals surface area contributed by atoms with Gasteiger partial charge in [0.25, 0.3) is 0 Å². The summed E-state index contributed by atoms with van der Waals surface area (Å²) < 4.78 is 4.84. The number of carbonyl (C=O) groups excluding carboxylic acids is 2. The highest BCUT2D eigenvalue weighted by molar-refractivity contribution is 5.80. The number of hydrogen-bond acceptors (Lipinski definition) is 4. The number of hydrogen-bond donors (Lipinski definition) is 3. The van der Waals surface area contributed by atoms with E-state index >= 15 is 0 Å². The number of piperidine rings is 1. The molecule has 1 rings (SSSR count). The Bertz CT molecular complexity index is 307. The van der Waals surface area contributed by atoms with Crippen LogP contribution in [0.25, 0.3) is 0 Å². The Morgan fingerprint density at radius 3 is 3.00 bits per heavy atom. The van der Waals surface area contributed by atoms with Crippen molar-refractivity contribution in [2.45, 2.75) is 19.4 Å². The number of amides is 2. The van der Waals surface area contributed by atoms with Crippen molar-refractivity contribution in [2.24, 2.45) is 5.92 Å². The molecule has 0 saturated carbocycles. The summed E-state index contributed by atoms with van der Waals surface area (Å²) in [4.78, 5) is 23.3. The molecule has 1 aliphatic rings. The van der Waals surface area contributed by atoms with E-state index in [1.165, 1.54) is 0 Å². The van der Waals surface area contributed by atoms with E-state index in [9.17, 15) is 9.59 Å². The standard InChI is InChI=1S/C12H21N3O3/c1-3-6-14-11(16)9-8-13-7-5-10(9)15-12(17)18-4-2/h3,9-10,13H,1,4-8H2,2H3,(H,14,16)(H,15,17)/t9-,10+/m0/s1. The minimum atomic E-state index is -0.467. The third-order valence-electron chi connectivity index (χ3n) is 2.82. The monoisotopic (exact) mass is 255 g/mol. The molecule has 1 aliphatic heterocycles. The summed E-state index contributed by atoms with van der Waals surface area (Å²) in [5, 5.41) is 8.64. The second-order valence-corrected chi connectivity index (χ2v) is 4.10. The molecule has 2 atom stereocenters. The second kappa shape index (κ2) is 7.71. The van der Waals surface area contributed by atoms with Crippen LogP contribution in [0.15, 0.2) is 12.7 Å². The van der Waals surface area contributed by atoms with Gasteiger partial charge >= 0.3 is 6.09 Å². The first kappa shape index (κ1) is 14.5. The molecule has 0 aromatic rings. The Kier molecular flexibility index (Phi) is 6.21. The molecule has 3 N–H and O–H groups in total. The van der Waals surface area contributed by atoms with Gasteiger partial charge in [0.1, 0.15) is 0 Å². The van der Waals surface area contributed by atoms with Crippen molar-refractivity contribution in [1.82, 2.24) is 16.0 Å². The minimum Gasteiger partial charge on any atom is -0.450 e. The molecule has 1 fully saturated rings. The van der Waals surface area contributed by atoms with Crippen LogP contribution < -0.4 is 16.0 Å². The molecular weight excluding hydrogens is 234 g/mol. The summed E-state index contributed by atoms with van der Waals surface area (Å²) in [5.74, 6) is -0.355. The van der Waals surface area contributed by atoms with E-state index in [-0.39, 0.29) is 17.9 Å². The van der Waals surface area contributed by atoms with Crippen LogP contribution in [0.2, 0.25) is 0 Å². The topological polar surface area (TPSA) is 79.5 Å². The molecule has 0 radical (unpaired) electrons. The van der Waals surface area contributed by atoms with Crippen molar-refractivity contribution >= 4 is 12.0 Å². The maximum atomic E-state index is 11.9. The van der Waals surface area contributed by atoms with E-state index in [1.807, 2.05) is 0 Å². The molecule has 0 aliphatic carbocycles. The van der Waals surface area contributed by atoms with Crippen LogP contribution in [0, 0.1) is 5.92 Å². The molecule has 0 bridgehead atoms. The lowest BCUT2D eigenvalue weighted by molar-refractivity contribution is -0.126. The van der Waals surface area contributed by atoms with Gasteiger partial charge in [-0.2, -0.15) is 0 Å². The van der Waals surface area contributed by atoms with E-state index in [0.717, 1.165) is 6.54 Å². The Hall–Kier alpha value is -1.56. The van der Waals surface area contributed by atoms with E-state index in [1.54, 1.807) is 13.0 Å². The van der Waals surface area contributed by atoms with Gasteiger partial charge < -0.3 is 20.7 Å². The second-order valence-electron chi connectivity index (χ2n) is 4.10. The fourth-order valence-electron chi connectivity index (χ4n) is 1.93. The molecule has 1 saturated heterocycles. The lowest BCUT2D eigenvalue weighted by Gasteiger charge is -2.31. The minimum absolute atomic E-state index is 0.0797. The number of ether oxygens (including phenoxy) is 1. The molecule has 0 spiro atoms. The lowest BCUT2D eigenvalue weighted by Crippen LogP contribution is -2.54. The van der Waals surface area contributed by atoms with E-state index in [2.05, 4.69) is 22.5 Å². The van der Waals surface area contributed by atoms with Crippen LogP contribution in [0.4, 0.5) is 4.79 Å². The van der Waals surface area contributed by atoms with Gasteiger partial charge in [-0.25, -0.2) is 4.79 Å². The molecule has 0 aromatic carbocycles. The van der Waals surface area contributed by atoms with Crippen LogP contribution in [-0.4, -0.2) is 44.3 Å². The van der Waals surface area contributed by atoms with Crippen molar-refractivity contribution in [2.75, 3.05) is 26.2 Å². The van der Waals surface area contributed by atoms with Gasteiger partial charge in [-0.1, -0.05) is 6.08 Å². The van der Waals surface area contributed by atoms with Gasteiger partial charge in [0, 0.05) is 19.1 Å². The van der Waals surface area contributed by atoms with Crippen LogP contribution in [0.3, 0.4) is 0 Å². The van der Waals surface area contributed by atoms with Crippen LogP contribution in [0.5, 0.6) is 0 Å².